The number of aliphatic hydroxyl groups is 1. The SMILES string of the molecule is CCCCCCCCCCCCCCCCCCC(=O)OCC(O)COP(=O)(O)OCC(NC(=O)CCCCCCC)C(=O)O. The Kier molecular flexibility index (Phi) is 28.8. The summed E-state index contributed by atoms with van der Waals surface area (Å²) in [5.41, 5.74) is 0. The van der Waals surface area contributed by atoms with Crippen LogP contribution in [-0.2, 0) is 32.7 Å². The lowest BCUT2D eigenvalue weighted by Gasteiger charge is -2.18. The fourth-order valence-electron chi connectivity index (χ4n) is 4.84. The maximum absolute atomic E-state index is 12.1. The van der Waals surface area contributed by atoms with Gasteiger partial charge in [0.1, 0.15) is 12.7 Å². The molecule has 0 spiro atoms. The van der Waals surface area contributed by atoms with E-state index in [2.05, 4.69) is 19.2 Å². The molecule has 4 N–H and O–H groups in total. The molecule has 12 heteroatoms. The topological polar surface area (TPSA) is 169 Å². The van der Waals surface area contributed by atoms with Crippen LogP contribution in [0.4, 0.5) is 0 Å². The number of hydrogen-bond donors (Lipinski definition) is 4. The molecule has 0 saturated carbocycles. The van der Waals surface area contributed by atoms with E-state index in [1.807, 2.05) is 0 Å². The van der Waals surface area contributed by atoms with E-state index in [4.69, 9.17) is 13.8 Å². The van der Waals surface area contributed by atoms with Crippen LogP contribution in [0.1, 0.15) is 162 Å². The van der Waals surface area contributed by atoms with E-state index in [0.29, 0.717) is 12.8 Å². The lowest BCUT2D eigenvalue weighted by molar-refractivity contribution is -0.147. The number of aliphatic hydroxyl groups excluding tert-OH is 1. The standard InChI is InChI=1S/C33H64NO10P/c1-3-5-7-9-10-11-12-13-14-15-16-17-18-19-21-23-25-32(37)42-26-29(35)27-43-45(40,41)44-28-30(33(38)39)34-31(36)24-22-20-8-6-4-2/h29-30,35H,3-28H2,1-2H3,(H,34,36)(H,38,39)(H,40,41). The minimum atomic E-state index is -4.73. The van der Waals surface area contributed by atoms with E-state index in [-0.39, 0.29) is 12.8 Å². The van der Waals surface area contributed by atoms with E-state index in [0.717, 1.165) is 44.9 Å². The van der Waals surface area contributed by atoms with Crippen molar-refractivity contribution < 1.29 is 47.8 Å². The summed E-state index contributed by atoms with van der Waals surface area (Å²) >= 11 is 0. The largest absolute Gasteiger partial charge is 0.480 e. The van der Waals surface area contributed by atoms with Crippen molar-refractivity contribution >= 4 is 25.7 Å². The molecule has 0 aliphatic heterocycles. The highest BCUT2D eigenvalue weighted by atomic mass is 31.2. The zero-order valence-corrected chi connectivity index (χ0v) is 29.1. The molecule has 266 valence electrons. The summed E-state index contributed by atoms with van der Waals surface area (Å²) in [7, 11) is -4.73. The third-order valence-corrected chi connectivity index (χ3v) is 8.60. The number of phosphoric acid groups is 1. The van der Waals surface area contributed by atoms with Crippen LogP contribution in [-0.4, -0.2) is 64.9 Å². The Morgan fingerprint density at radius 3 is 1.47 bits per heavy atom. The Morgan fingerprint density at radius 1 is 0.622 bits per heavy atom. The predicted molar refractivity (Wildman–Crippen MR) is 176 cm³/mol. The third kappa shape index (κ3) is 29.6. The van der Waals surface area contributed by atoms with Gasteiger partial charge in [0.15, 0.2) is 6.04 Å². The number of carbonyl (C=O) groups excluding carboxylic acids is 2. The van der Waals surface area contributed by atoms with Gasteiger partial charge in [-0.3, -0.25) is 18.6 Å². The first-order valence-electron chi connectivity index (χ1n) is 17.6. The molecule has 0 saturated heterocycles. The van der Waals surface area contributed by atoms with Gasteiger partial charge in [-0.25, -0.2) is 9.36 Å². The number of nitrogens with one attached hydrogen (secondary N) is 1. The van der Waals surface area contributed by atoms with Gasteiger partial charge in [-0.15, -0.1) is 0 Å². The molecule has 0 radical (unpaired) electrons. The first kappa shape index (κ1) is 43.5. The Hall–Kier alpha value is -1.52. The van der Waals surface area contributed by atoms with E-state index in [9.17, 15) is 34.1 Å². The third-order valence-electron chi connectivity index (χ3n) is 7.65. The predicted octanol–water partition coefficient (Wildman–Crippen LogP) is 7.61. The van der Waals surface area contributed by atoms with Crippen LogP contribution in [0.15, 0.2) is 0 Å². The van der Waals surface area contributed by atoms with E-state index < -0.39 is 57.6 Å². The summed E-state index contributed by atoms with van der Waals surface area (Å²) in [4.78, 5) is 45.2. The van der Waals surface area contributed by atoms with Gasteiger partial charge in [-0.2, -0.15) is 0 Å². The molecule has 11 nitrogen and oxygen atoms in total. The van der Waals surface area contributed by atoms with Crippen molar-refractivity contribution in [1.82, 2.24) is 5.32 Å². The van der Waals surface area contributed by atoms with Gasteiger partial charge < -0.3 is 25.2 Å². The van der Waals surface area contributed by atoms with Crippen molar-refractivity contribution in [2.75, 3.05) is 19.8 Å². The Labute approximate surface area is 272 Å². The number of aliphatic carboxylic acids is 1. The second kappa shape index (κ2) is 29.9. The molecule has 0 aromatic carbocycles. The van der Waals surface area contributed by atoms with Crippen LogP contribution in [0.3, 0.4) is 0 Å². The zero-order valence-electron chi connectivity index (χ0n) is 28.2. The maximum atomic E-state index is 12.1. The zero-order chi connectivity index (χ0) is 33.6. The van der Waals surface area contributed by atoms with E-state index >= 15 is 0 Å². The minimum absolute atomic E-state index is 0.144. The molecule has 0 heterocycles. The number of amides is 1. The van der Waals surface area contributed by atoms with Crippen LogP contribution in [0.2, 0.25) is 0 Å². The summed E-state index contributed by atoms with van der Waals surface area (Å²) in [5.74, 6) is -2.38. The fourth-order valence-corrected chi connectivity index (χ4v) is 5.62. The number of carboxylic acid groups (broad SMARTS) is 1. The molecule has 3 atom stereocenters. The Balaban J connectivity index is 3.85. The molecule has 0 aromatic rings. The number of unbranched alkanes of at least 4 members (excludes halogenated alkanes) is 19. The van der Waals surface area contributed by atoms with Crippen LogP contribution in [0.5, 0.6) is 0 Å². The highest BCUT2D eigenvalue weighted by molar-refractivity contribution is 7.47. The first-order valence-corrected chi connectivity index (χ1v) is 19.1. The number of hydrogen-bond acceptors (Lipinski definition) is 8. The van der Waals surface area contributed by atoms with Crippen molar-refractivity contribution in [2.45, 2.75) is 174 Å². The number of ether oxygens (including phenoxy) is 1. The molecule has 3 unspecified atom stereocenters. The number of phosphoric ester groups is 1. The summed E-state index contributed by atoms with van der Waals surface area (Å²) in [6.45, 7) is 2.45. The Morgan fingerprint density at radius 2 is 1.02 bits per heavy atom. The van der Waals surface area contributed by atoms with Gasteiger partial charge in [0.05, 0.1) is 13.2 Å². The van der Waals surface area contributed by atoms with Crippen molar-refractivity contribution in [2.24, 2.45) is 0 Å². The second-order valence-electron chi connectivity index (χ2n) is 12.1. The molecule has 45 heavy (non-hydrogen) atoms. The second-order valence-corrected chi connectivity index (χ2v) is 13.5. The fraction of sp³-hybridized carbons (Fsp3) is 0.909. The first-order chi connectivity index (χ1) is 21.6. The molecule has 0 rings (SSSR count). The van der Waals surface area contributed by atoms with Crippen molar-refractivity contribution in [3.8, 4) is 0 Å². The lowest BCUT2D eigenvalue weighted by atomic mass is 10.0. The normalized spacial score (nSPS) is 14.0. The van der Waals surface area contributed by atoms with Crippen molar-refractivity contribution in [1.29, 1.82) is 0 Å². The molecule has 0 fully saturated rings. The van der Waals surface area contributed by atoms with Crippen molar-refractivity contribution in [3.63, 3.8) is 0 Å². The van der Waals surface area contributed by atoms with E-state index in [1.54, 1.807) is 0 Å². The summed E-state index contributed by atoms with van der Waals surface area (Å²) in [6, 6.07) is -1.53. The summed E-state index contributed by atoms with van der Waals surface area (Å²) in [5, 5.41) is 21.5. The average molecular weight is 666 g/mol. The number of carbonyl (C=O) groups is 3. The number of esters is 1. The smallest absolute Gasteiger partial charge is 0.472 e. The number of rotatable bonds is 33. The van der Waals surface area contributed by atoms with Crippen LogP contribution in [0.25, 0.3) is 0 Å². The molecule has 1 amide bonds. The van der Waals surface area contributed by atoms with Crippen LogP contribution >= 0.6 is 7.82 Å². The summed E-state index contributed by atoms with van der Waals surface area (Å²) in [6.07, 6.45) is 23.5. The van der Waals surface area contributed by atoms with Gasteiger partial charge in [-0.05, 0) is 12.8 Å². The van der Waals surface area contributed by atoms with Crippen molar-refractivity contribution in [3.05, 3.63) is 0 Å². The van der Waals surface area contributed by atoms with Gasteiger partial charge in [0.25, 0.3) is 0 Å². The monoisotopic (exact) mass is 665 g/mol. The summed E-state index contributed by atoms with van der Waals surface area (Å²) < 4.78 is 26.5. The maximum Gasteiger partial charge on any atom is 0.472 e. The highest BCUT2D eigenvalue weighted by Crippen LogP contribution is 2.43. The highest BCUT2D eigenvalue weighted by Gasteiger charge is 2.28. The van der Waals surface area contributed by atoms with Gasteiger partial charge in [-0.1, -0.05) is 136 Å². The minimum Gasteiger partial charge on any atom is -0.480 e. The average Bonchev–Trinajstić information content (AvgIpc) is 3.00. The van der Waals surface area contributed by atoms with Gasteiger partial charge >= 0.3 is 19.8 Å². The van der Waals surface area contributed by atoms with Gasteiger partial charge in [0, 0.05) is 12.8 Å². The van der Waals surface area contributed by atoms with Crippen LogP contribution in [0, 0.1) is 0 Å². The quantitative estimate of drug-likeness (QED) is 0.0311. The van der Waals surface area contributed by atoms with Crippen LogP contribution < -0.4 is 5.32 Å². The molecule has 0 aliphatic rings. The number of carboxylic acids is 1. The molecular formula is C33H64NO10P. The molecule has 0 aliphatic carbocycles. The molecule has 0 aromatic heterocycles. The molecule has 0 bridgehead atoms. The molecular weight excluding hydrogens is 601 g/mol. The lowest BCUT2D eigenvalue weighted by Crippen LogP contribution is -2.43. The van der Waals surface area contributed by atoms with E-state index in [1.165, 1.54) is 77.0 Å². The Bertz CT molecular complexity index is 797. The van der Waals surface area contributed by atoms with Gasteiger partial charge in [0.2, 0.25) is 5.91 Å².